The largest absolute Gasteiger partial charge is 0.490 e. The lowest BCUT2D eigenvalue weighted by atomic mass is 10.1. The maximum atomic E-state index is 13.2. The van der Waals surface area contributed by atoms with Gasteiger partial charge in [-0.1, -0.05) is 0 Å². The molecule has 1 aromatic carbocycles. The second kappa shape index (κ2) is 9.28. The number of hydrogen-bond acceptors (Lipinski definition) is 5. The predicted octanol–water partition coefficient (Wildman–Crippen LogP) is 4.98. The van der Waals surface area contributed by atoms with Crippen molar-refractivity contribution < 1.29 is 18.7 Å². The SMILES string of the molecule is CCOc1ccc(C(=O)N(Cc2ccsc2)Cc2ccco2)cc1OCC. The molecule has 0 bridgehead atoms. The number of benzene rings is 1. The zero-order valence-corrected chi connectivity index (χ0v) is 16.3. The van der Waals surface area contributed by atoms with Crippen LogP contribution in [0.25, 0.3) is 0 Å². The summed E-state index contributed by atoms with van der Waals surface area (Å²) < 4.78 is 16.7. The zero-order valence-electron chi connectivity index (χ0n) is 15.5. The highest BCUT2D eigenvalue weighted by atomic mass is 32.1. The highest BCUT2D eigenvalue weighted by Gasteiger charge is 2.20. The Balaban J connectivity index is 1.86. The van der Waals surface area contributed by atoms with Crippen LogP contribution in [0.5, 0.6) is 11.5 Å². The molecule has 1 amide bonds. The van der Waals surface area contributed by atoms with Crippen molar-refractivity contribution in [3.63, 3.8) is 0 Å². The van der Waals surface area contributed by atoms with E-state index in [4.69, 9.17) is 13.9 Å². The lowest BCUT2D eigenvalue weighted by Gasteiger charge is -2.22. The van der Waals surface area contributed by atoms with Gasteiger partial charge in [0.25, 0.3) is 5.91 Å². The van der Waals surface area contributed by atoms with Crippen molar-refractivity contribution in [2.24, 2.45) is 0 Å². The van der Waals surface area contributed by atoms with E-state index in [0.29, 0.717) is 43.4 Å². The van der Waals surface area contributed by atoms with Crippen molar-refractivity contribution in [3.05, 3.63) is 70.3 Å². The normalized spacial score (nSPS) is 10.6. The van der Waals surface area contributed by atoms with Crippen molar-refractivity contribution in [1.29, 1.82) is 0 Å². The molecule has 0 aliphatic carbocycles. The van der Waals surface area contributed by atoms with Gasteiger partial charge < -0.3 is 18.8 Å². The topological polar surface area (TPSA) is 51.9 Å². The number of amides is 1. The molecule has 27 heavy (non-hydrogen) atoms. The van der Waals surface area contributed by atoms with Crippen molar-refractivity contribution >= 4 is 17.2 Å². The van der Waals surface area contributed by atoms with Gasteiger partial charge in [-0.3, -0.25) is 4.79 Å². The molecule has 0 unspecified atom stereocenters. The molecule has 0 saturated carbocycles. The van der Waals surface area contributed by atoms with Crippen LogP contribution in [0, 0.1) is 0 Å². The summed E-state index contributed by atoms with van der Waals surface area (Å²) in [6.07, 6.45) is 1.62. The number of carbonyl (C=O) groups excluding carboxylic acids is 1. The molecule has 2 heterocycles. The summed E-state index contributed by atoms with van der Waals surface area (Å²) >= 11 is 1.62. The van der Waals surface area contributed by atoms with Crippen LogP contribution in [0.4, 0.5) is 0 Å². The minimum absolute atomic E-state index is 0.0819. The van der Waals surface area contributed by atoms with Gasteiger partial charge in [-0.25, -0.2) is 0 Å². The molecule has 6 heteroatoms. The highest BCUT2D eigenvalue weighted by molar-refractivity contribution is 7.07. The summed E-state index contributed by atoms with van der Waals surface area (Å²) in [5.41, 5.74) is 1.65. The minimum Gasteiger partial charge on any atom is -0.490 e. The van der Waals surface area contributed by atoms with Crippen LogP contribution < -0.4 is 9.47 Å². The summed E-state index contributed by atoms with van der Waals surface area (Å²) in [6.45, 7) is 5.78. The third kappa shape index (κ3) is 4.92. The van der Waals surface area contributed by atoms with Crippen LogP contribution >= 0.6 is 11.3 Å². The Morgan fingerprint density at radius 1 is 1.07 bits per heavy atom. The molecule has 142 valence electrons. The third-order valence-electron chi connectivity index (χ3n) is 3.96. The van der Waals surface area contributed by atoms with Gasteiger partial charge in [0.2, 0.25) is 0 Å². The van der Waals surface area contributed by atoms with E-state index in [1.165, 1.54) is 0 Å². The number of thiophene rings is 1. The second-order valence-electron chi connectivity index (χ2n) is 5.90. The number of furan rings is 1. The summed E-state index contributed by atoms with van der Waals surface area (Å²) in [5, 5.41) is 4.06. The standard InChI is InChI=1S/C21H23NO4S/c1-3-24-19-8-7-17(12-20(19)25-4-2)21(23)22(13-16-9-11-27-15-16)14-18-6-5-10-26-18/h5-12,15H,3-4,13-14H2,1-2H3. The van der Waals surface area contributed by atoms with Crippen molar-refractivity contribution in [2.45, 2.75) is 26.9 Å². The maximum absolute atomic E-state index is 13.2. The van der Waals surface area contributed by atoms with Gasteiger partial charge >= 0.3 is 0 Å². The monoisotopic (exact) mass is 385 g/mol. The Morgan fingerprint density at radius 3 is 2.56 bits per heavy atom. The molecule has 2 aromatic heterocycles. The van der Waals surface area contributed by atoms with Gasteiger partial charge in [-0.2, -0.15) is 11.3 Å². The summed E-state index contributed by atoms with van der Waals surface area (Å²) in [7, 11) is 0. The molecule has 0 saturated heterocycles. The van der Waals surface area contributed by atoms with Crippen LogP contribution in [0.1, 0.15) is 35.5 Å². The van der Waals surface area contributed by atoms with Gasteiger partial charge in [0, 0.05) is 12.1 Å². The fraction of sp³-hybridized carbons (Fsp3) is 0.286. The Kier molecular flexibility index (Phi) is 6.54. The lowest BCUT2D eigenvalue weighted by molar-refractivity contribution is 0.0717. The first-order chi connectivity index (χ1) is 13.2. The third-order valence-corrected chi connectivity index (χ3v) is 4.69. The average Bonchev–Trinajstić information content (AvgIpc) is 3.36. The number of hydrogen-bond donors (Lipinski definition) is 0. The predicted molar refractivity (Wildman–Crippen MR) is 105 cm³/mol. The Morgan fingerprint density at radius 2 is 1.89 bits per heavy atom. The van der Waals surface area contributed by atoms with Crippen molar-refractivity contribution in [2.75, 3.05) is 13.2 Å². The number of ether oxygens (including phenoxy) is 2. The Labute approximate surface area is 163 Å². The molecule has 0 atom stereocenters. The van der Waals surface area contributed by atoms with E-state index in [9.17, 15) is 4.79 Å². The van der Waals surface area contributed by atoms with E-state index < -0.39 is 0 Å². The fourth-order valence-corrected chi connectivity index (χ4v) is 3.42. The Bertz CT molecular complexity index is 807. The lowest BCUT2D eigenvalue weighted by Crippen LogP contribution is -2.29. The van der Waals surface area contributed by atoms with E-state index in [1.807, 2.05) is 42.8 Å². The Hall–Kier alpha value is -2.73. The molecule has 3 aromatic rings. The molecular weight excluding hydrogens is 362 g/mol. The van der Waals surface area contributed by atoms with Crippen LogP contribution in [0.3, 0.4) is 0 Å². The summed E-state index contributed by atoms with van der Waals surface area (Å²) in [5.74, 6) is 1.89. The van der Waals surface area contributed by atoms with Crippen molar-refractivity contribution in [3.8, 4) is 11.5 Å². The van der Waals surface area contributed by atoms with E-state index in [0.717, 1.165) is 11.3 Å². The van der Waals surface area contributed by atoms with E-state index in [2.05, 4.69) is 0 Å². The van der Waals surface area contributed by atoms with E-state index >= 15 is 0 Å². The summed E-state index contributed by atoms with van der Waals surface area (Å²) in [6, 6.07) is 11.0. The van der Waals surface area contributed by atoms with Gasteiger partial charge in [0.1, 0.15) is 5.76 Å². The first-order valence-electron chi connectivity index (χ1n) is 8.93. The van der Waals surface area contributed by atoms with Gasteiger partial charge in [0.15, 0.2) is 11.5 Å². The molecule has 0 radical (unpaired) electrons. The van der Waals surface area contributed by atoms with Gasteiger partial charge in [0.05, 0.1) is 26.0 Å². The van der Waals surface area contributed by atoms with Gasteiger partial charge in [-0.15, -0.1) is 0 Å². The van der Waals surface area contributed by atoms with Crippen LogP contribution in [0.15, 0.2) is 57.8 Å². The average molecular weight is 385 g/mol. The molecule has 0 fully saturated rings. The molecule has 0 aliphatic rings. The molecule has 0 N–H and O–H groups in total. The molecule has 0 aliphatic heterocycles. The van der Waals surface area contributed by atoms with Crippen LogP contribution in [-0.2, 0) is 13.1 Å². The van der Waals surface area contributed by atoms with Crippen molar-refractivity contribution in [1.82, 2.24) is 4.90 Å². The summed E-state index contributed by atoms with van der Waals surface area (Å²) in [4.78, 5) is 15.0. The highest BCUT2D eigenvalue weighted by Crippen LogP contribution is 2.29. The number of carbonyl (C=O) groups is 1. The molecule has 5 nitrogen and oxygen atoms in total. The number of rotatable bonds is 9. The smallest absolute Gasteiger partial charge is 0.254 e. The first kappa shape index (κ1) is 19.0. The van der Waals surface area contributed by atoms with E-state index in [-0.39, 0.29) is 5.91 Å². The quantitative estimate of drug-likeness (QED) is 0.521. The first-order valence-corrected chi connectivity index (χ1v) is 9.88. The maximum Gasteiger partial charge on any atom is 0.254 e. The molecular formula is C21H23NO4S. The van der Waals surface area contributed by atoms with E-state index in [1.54, 1.807) is 40.7 Å². The molecule has 3 rings (SSSR count). The van der Waals surface area contributed by atoms with Crippen LogP contribution in [0.2, 0.25) is 0 Å². The van der Waals surface area contributed by atoms with Crippen LogP contribution in [-0.4, -0.2) is 24.0 Å². The second-order valence-corrected chi connectivity index (χ2v) is 6.68. The molecule has 0 spiro atoms. The zero-order chi connectivity index (χ0) is 19.1. The fourth-order valence-electron chi connectivity index (χ4n) is 2.76. The number of nitrogens with zero attached hydrogens (tertiary/aromatic N) is 1. The van der Waals surface area contributed by atoms with Gasteiger partial charge in [-0.05, 0) is 66.6 Å². The minimum atomic E-state index is -0.0819.